The summed E-state index contributed by atoms with van der Waals surface area (Å²) in [6.07, 6.45) is 3.31. The van der Waals surface area contributed by atoms with E-state index in [0.29, 0.717) is 0 Å². The molecule has 0 saturated carbocycles. The summed E-state index contributed by atoms with van der Waals surface area (Å²) in [7, 11) is 0. The number of rotatable bonds is 2. The first kappa shape index (κ1) is 6.78. The minimum absolute atomic E-state index is 0.104. The third kappa shape index (κ3) is 1.33. The van der Waals surface area contributed by atoms with Crippen LogP contribution in [0.15, 0.2) is 23.3 Å². The van der Waals surface area contributed by atoms with Crippen molar-refractivity contribution < 1.29 is 4.79 Å². The van der Waals surface area contributed by atoms with Crippen LogP contribution in [-0.4, -0.2) is 11.1 Å². The summed E-state index contributed by atoms with van der Waals surface area (Å²) in [5.74, 6) is 0. The van der Waals surface area contributed by atoms with Crippen molar-refractivity contribution in [1.82, 2.24) is 4.98 Å². The lowest BCUT2D eigenvalue weighted by atomic mass is 10.2. The molecule has 3 heteroatoms. The summed E-state index contributed by atoms with van der Waals surface area (Å²) in [5.41, 5.74) is 0.934. The van der Waals surface area contributed by atoms with Crippen LogP contribution in [0.1, 0.15) is 18.7 Å². The second-order valence-electron chi connectivity index (χ2n) is 2.02. The first-order valence-electron chi connectivity index (χ1n) is 3.05. The molecule has 52 valence electrons. The molecule has 3 nitrogen and oxygen atoms in total. The first-order valence-corrected chi connectivity index (χ1v) is 3.05. The molecule has 0 aliphatic heterocycles. The molecular weight excluding hydrogens is 128 g/mol. The first-order chi connectivity index (χ1) is 4.84. The van der Waals surface area contributed by atoms with Crippen LogP contribution < -0.4 is 0 Å². The number of carbonyl (C=O) groups excluding carboxylic acids is 1. The molecule has 1 rings (SSSR count). The zero-order valence-electron chi connectivity index (χ0n) is 5.66. The van der Waals surface area contributed by atoms with Gasteiger partial charge in [0.2, 0.25) is 6.08 Å². The van der Waals surface area contributed by atoms with Crippen molar-refractivity contribution >= 4 is 6.08 Å². The Bertz CT molecular complexity index is 234. The van der Waals surface area contributed by atoms with Crippen molar-refractivity contribution in [2.45, 2.75) is 13.0 Å². The van der Waals surface area contributed by atoms with Crippen LogP contribution in [0.25, 0.3) is 0 Å². The molecule has 0 spiro atoms. The molecule has 1 atom stereocenters. The van der Waals surface area contributed by atoms with E-state index in [1.165, 1.54) is 6.08 Å². The topological polar surface area (TPSA) is 45.2 Å². The summed E-state index contributed by atoms with van der Waals surface area (Å²) >= 11 is 0. The van der Waals surface area contributed by atoms with Crippen molar-refractivity contribution in [1.29, 1.82) is 0 Å². The Labute approximate surface area is 58.8 Å². The molecule has 1 aromatic rings. The highest BCUT2D eigenvalue weighted by molar-refractivity contribution is 5.34. The number of aromatic amines is 1. The Kier molecular flexibility index (Phi) is 2.03. The predicted molar refractivity (Wildman–Crippen MR) is 37.3 cm³/mol. The molecule has 0 aliphatic carbocycles. The second-order valence-corrected chi connectivity index (χ2v) is 2.02. The Morgan fingerprint density at radius 2 is 2.60 bits per heavy atom. The fourth-order valence-corrected chi connectivity index (χ4v) is 0.753. The van der Waals surface area contributed by atoms with Crippen LogP contribution >= 0.6 is 0 Å². The molecule has 1 heterocycles. The van der Waals surface area contributed by atoms with Gasteiger partial charge < -0.3 is 4.98 Å². The van der Waals surface area contributed by atoms with Gasteiger partial charge in [-0.1, -0.05) is 0 Å². The molecule has 0 aromatic carbocycles. The largest absolute Gasteiger partial charge is 0.363 e. The lowest BCUT2D eigenvalue weighted by molar-refractivity contribution is 0.559. The molecule has 1 aromatic heterocycles. The Morgan fingerprint density at radius 3 is 3.10 bits per heavy atom. The highest BCUT2D eigenvalue weighted by atomic mass is 16.1. The van der Waals surface area contributed by atoms with Gasteiger partial charge in [0.1, 0.15) is 0 Å². The van der Waals surface area contributed by atoms with Crippen LogP contribution in [-0.2, 0) is 4.79 Å². The summed E-state index contributed by atoms with van der Waals surface area (Å²) in [6.45, 7) is 1.83. The van der Waals surface area contributed by atoms with E-state index in [1.54, 1.807) is 6.20 Å². The van der Waals surface area contributed by atoms with Gasteiger partial charge >= 0.3 is 0 Å². The van der Waals surface area contributed by atoms with Crippen molar-refractivity contribution in [2.75, 3.05) is 0 Å². The summed E-state index contributed by atoms with van der Waals surface area (Å²) < 4.78 is 0. The monoisotopic (exact) mass is 136 g/mol. The van der Waals surface area contributed by atoms with Crippen molar-refractivity contribution in [3.8, 4) is 0 Å². The second kappa shape index (κ2) is 2.99. The lowest BCUT2D eigenvalue weighted by Gasteiger charge is -1.97. The lowest BCUT2D eigenvalue weighted by Crippen LogP contribution is -1.87. The normalized spacial score (nSPS) is 12.1. The summed E-state index contributed by atoms with van der Waals surface area (Å²) in [5, 5.41) is 0. The van der Waals surface area contributed by atoms with Gasteiger partial charge in [-0.25, -0.2) is 4.79 Å². The molecule has 10 heavy (non-hydrogen) atoms. The van der Waals surface area contributed by atoms with Crippen LogP contribution in [0.2, 0.25) is 0 Å². The van der Waals surface area contributed by atoms with Crippen molar-refractivity contribution in [3.63, 3.8) is 0 Å². The number of aliphatic imine (C=N–C) groups is 1. The van der Waals surface area contributed by atoms with E-state index in [2.05, 4.69) is 9.98 Å². The molecular formula is C7H8N2O. The maximum Gasteiger partial charge on any atom is 0.235 e. The average Bonchev–Trinajstić information content (AvgIpc) is 2.38. The Hall–Kier alpha value is -1.34. The van der Waals surface area contributed by atoms with Gasteiger partial charge in [-0.05, 0) is 19.1 Å². The van der Waals surface area contributed by atoms with Gasteiger partial charge in [0.05, 0.1) is 6.04 Å². The van der Waals surface area contributed by atoms with Gasteiger partial charge in [0.15, 0.2) is 0 Å². The molecule has 1 N–H and O–H groups in total. The number of hydrogen-bond acceptors (Lipinski definition) is 2. The SMILES string of the molecule is CC(N=C=O)c1ccc[nH]1. The number of H-pyrrole nitrogens is 1. The highest BCUT2D eigenvalue weighted by Gasteiger charge is 2.00. The third-order valence-corrected chi connectivity index (χ3v) is 1.32. The average molecular weight is 136 g/mol. The van der Waals surface area contributed by atoms with Crippen LogP contribution in [0.3, 0.4) is 0 Å². The number of isocyanates is 1. The van der Waals surface area contributed by atoms with Crippen LogP contribution in [0.5, 0.6) is 0 Å². The zero-order chi connectivity index (χ0) is 7.40. The fourth-order valence-electron chi connectivity index (χ4n) is 0.753. The highest BCUT2D eigenvalue weighted by Crippen LogP contribution is 2.11. The minimum Gasteiger partial charge on any atom is -0.363 e. The maximum atomic E-state index is 9.80. The van der Waals surface area contributed by atoms with E-state index in [4.69, 9.17) is 0 Å². The zero-order valence-corrected chi connectivity index (χ0v) is 5.66. The number of nitrogens with zero attached hydrogens (tertiary/aromatic N) is 1. The van der Waals surface area contributed by atoms with Crippen LogP contribution in [0, 0.1) is 0 Å². The van der Waals surface area contributed by atoms with E-state index in [9.17, 15) is 4.79 Å². The number of nitrogens with one attached hydrogen (secondary N) is 1. The number of hydrogen-bond donors (Lipinski definition) is 1. The van der Waals surface area contributed by atoms with Crippen molar-refractivity contribution in [3.05, 3.63) is 24.0 Å². The molecule has 1 unspecified atom stereocenters. The van der Waals surface area contributed by atoms with Crippen LogP contribution in [0.4, 0.5) is 0 Å². The molecule has 0 amide bonds. The molecule has 0 bridgehead atoms. The summed E-state index contributed by atoms with van der Waals surface area (Å²) in [6, 6.07) is 3.64. The summed E-state index contributed by atoms with van der Waals surface area (Å²) in [4.78, 5) is 16.3. The molecule has 0 fully saturated rings. The molecule has 0 radical (unpaired) electrons. The van der Waals surface area contributed by atoms with E-state index in [0.717, 1.165) is 5.69 Å². The Balaban J connectivity index is 2.76. The van der Waals surface area contributed by atoms with Gasteiger partial charge in [0.25, 0.3) is 0 Å². The smallest absolute Gasteiger partial charge is 0.235 e. The van der Waals surface area contributed by atoms with Gasteiger partial charge in [0, 0.05) is 11.9 Å². The van der Waals surface area contributed by atoms with E-state index < -0.39 is 0 Å². The Morgan fingerprint density at radius 1 is 1.80 bits per heavy atom. The van der Waals surface area contributed by atoms with Gasteiger partial charge in [-0.15, -0.1) is 0 Å². The van der Waals surface area contributed by atoms with E-state index in [1.807, 2.05) is 19.1 Å². The van der Waals surface area contributed by atoms with E-state index >= 15 is 0 Å². The van der Waals surface area contributed by atoms with Crippen molar-refractivity contribution in [2.24, 2.45) is 4.99 Å². The fraction of sp³-hybridized carbons (Fsp3) is 0.286. The van der Waals surface area contributed by atoms with Gasteiger partial charge in [-0.3, -0.25) is 0 Å². The van der Waals surface area contributed by atoms with E-state index in [-0.39, 0.29) is 6.04 Å². The minimum atomic E-state index is -0.104. The predicted octanol–water partition coefficient (Wildman–Crippen LogP) is 1.41. The quantitative estimate of drug-likeness (QED) is 0.485. The number of aromatic nitrogens is 1. The maximum absolute atomic E-state index is 9.80. The molecule has 0 saturated heterocycles. The third-order valence-electron chi connectivity index (χ3n) is 1.32. The molecule has 0 aliphatic rings. The van der Waals surface area contributed by atoms with Gasteiger partial charge in [-0.2, -0.15) is 4.99 Å². The standard InChI is InChI=1S/C7H8N2O/c1-6(9-5-10)7-3-2-4-8-7/h2-4,6,8H,1H3.